The van der Waals surface area contributed by atoms with Crippen molar-refractivity contribution in [1.82, 2.24) is 10.2 Å². The lowest BCUT2D eigenvalue weighted by Crippen LogP contribution is -2.47. The summed E-state index contributed by atoms with van der Waals surface area (Å²) in [7, 11) is 1.71. The summed E-state index contributed by atoms with van der Waals surface area (Å²) in [6, 6.07) is 6.70. The van der Waals surface area contributed by atoms with Crippen LogP contribution in [-0.2, 0) is 9.53 Å². The Kier molecular flexibility index (Phi) is 14.1. The summed E-state index contributed by atoms with van der Waals surface area (Å²) in [5.74, 6) is 0.608. The lowest BCUT2D eigenvalue weighted by molar-refractivity contribution is -0.123. The number of rotatable bonds is 18. The highest BCUT2D eigenvalue weighted by molar-refractivity contribution is 5.76. The molecule has 1 aliphatic rings. The van der Waals surface area contributed by atoms with E-state index in [0.29, 0.717) is 56.7 Å². The smallest absolute Gasteiger partial charge is 0.220 e. The molecule has 3 atom stereocenters. The lowest BCUT2D eigenvalue weighted by Gasteiger charge is -2.29. The normalized spacial score (nSPS) is 18.1. The second-order valence-corrected chi connectivity index (χ2v) is 9.15. The van der Waals surface area contributed by atoms with Crippen LogP contribution >= 0.6 is 0 Å². The molecule has 1 fully saturated rings. The predicted octanol–water partition coefficient (Wildman–Crippen LogP) is 3.39. The summed E-state index contributed by atoms with van der Waals surface area (Å²) in [5, 5.41) is 24.0. The second kappa shape index (κ2) is 16.8. The van der Waals surface area contributed by atoms with E-state index < -0.39 is 12.1 Å². The summed E-state index contributed by atoms with van der Waals surface area (Å²) in [6.45, 7) is 2.65. The van der Waals surface area contributed by atoms with Crippen LogP contribution in [0.1, 0.15) is 69.5 Å². The number of unbranched alkanes of at least 4 members (excludes halogenated alkanes) is 5. The van der Waals surface area contributed by atoms with Gasteiger partial charge in [-0.2, -0.15) is 0 Å². The summed E-state index contributed by atoms with van der Waals surface area (Å²) < 4.78 is 22.9. The molecule has 0 unspecified atom stereocenters. The summed E-state index contributed by atoms with van der Waals surface area (Å²) >= 11 is 0. The fourth-order valence-electron chi connectivity index (χ4n) is 4.20. The number of hydrogen-bond donors (Lipinski definition) is 3. The number of hydrogen-bond acceptors (Lipinski definition) is 6. The van der Waals surface area contributed by atoms with Gasteiger partial charge >= 0.3 is 0 Å². The Hall–Kier alpha value is -1.74. The molecule has 1 aromatic rings. The largest absolute Gasteiger partial charge is 0.494 e. The molecular formula is C26H43FN2O5. The average Bonchev–Trinajstić information content (AvgIpc) is 3.25. The molecule has 1 amide bonds. The Bertz CT molecular complexity index is 676. The minimum absolute atomic E-state index is 0.0616. The van der Waals surface area contributed by atoms with Gasteiger partial charge in [0.25, 0.3) is 0 Å². The Morgan fingerprint density at radius 3 is 2.50 bits per heavy atom. The molecule has 1 aromatic carbocycles. The number of ether oxygens (including phenoxy) is 2. The van der Waals surface area contributed by atoms with Crippen LogP contribution < -0.4 is 10.1 Å². The standard InChI is InChI=1S/C26H43FN2O5/c1-33-17-7-4-2-3-5-9-25(31)28-24(20-29-16-14-22(30)19-29)26(32)21-10-12-23(13-11-21)34-18-8-6-15-27/h10-13,22,24,26,30,32H,2-9,14-20H2,1H3,(H,28,31)/t22-,24+,26+/m0/s1. The number of nitrogens with zero attached hydrogens (tertiary/aromatic N) is 1. The number of amides is 1. The predicted molar refractivity (Wildman–Crippen MR) is 131 cm³/mol. The zero-order valence-corrected chi connectivity index (χ0v) is 20.6. The van der Waals surface area contributed by atoms with Crippen LogP contribution in [0.25, 0.3) is 0 Å². The molecule has 0 spiro atoms. The number of halogens is 1. The number of aliphatic hydroxyl groups excluding tert-OH is 2. The van der Waals surface area contributed by atoms with Gasteiger partial charge in [-0.1, -0.05) is 31.4 Å². The van der Waals surface area contributed by atoms with E-state index in [2.05, 4.69) is 10.2 Å². The van der Waals surface area contributed by atoms with E-state index in [1.165, 1.54) is 0 Å². The molecule has 8 heteroatoms. The summed E-state index contributed by atoms with van der Waals surface area (Å²) in [4.78, 5) is 14.7. The first-order chi connectivity index (χ1) is 16.5. The van der Waals surface area contributed by atoms with E-state index >= 15 is 0 Å². The highest BCUT2D eigenvalue weighted by atomic mass is 19.1. The van der Waals surface area contributed by atoms with Crippen molar-refractivity contribution in [3.63, 3.8) is 0 Å². The van der Waals surface area contributed by atoms with Crippen molar-refractivity contribution in [2.75, 3.05) is 46.6 Å². The fourth-order valence-corrected chi connectivity index (χ4v) is 4.20. The number of benzene rings is 1. The van der Waals surface area contributed by atoms with Gasteiger partial charge in [-0.15, -0.1) is 0 Å². The van der Waals surface area contributed by atoms with Gasteiger partial charge in [-0.25, -0.2) is 0 Å². The first-order valence-electron chi connectivity index (χ1n) is 12.7. The van der Waals surface area contributed by atoms with Crippen molar-refractivity contribution < 1.29 is 28.9 Å². The third-order valence-electron chi connectivity index (χ3n) is 6.20. The van der Waals surface area contributed by atoms with Gasteiger partial charge in [0.1, 0.15) is 11.9 Å². The van der Waals surface area contributed by atoms with E-state index in [4.69, 9.17) is 9.47 Å². The number of carbonyl (C=O) groups is 1. The molecule has 2 rings (SSSR count). The quantitative estimate of drug-likeness (QED) is 0.278. The third kappa shape index (κ3) is 11.1. The van der Waals surface area contributed by atoms with Crippen molar-refractivity contribution in [3.05, 3.63) is 29.8 Å². The highest BCUT2D eigenvalue weighted by Crippen LogP contribution is 2.23. The molecule has 34 heavy (non-hydrogen) atoms. The first kappa shape index (κ1) is 28.5. The maximum atomic E-state index is 12.6. The Labute approximate surface area is 203 Å². The number of β-amino-alcohol motifs (C(OH)–C–C–N with tert-alkyl or cyclic N) is 1. The molecule has 0 aliphatic carbocycles. The van der Waals surface area contributed by atoms with Crippen molar-refractivity contribution >= 4 is 5.91 Å². The van der Waals surface area contributed by atoms with Crippen LogP contribution in [0.15, 0.2) is 24.3 Å². The van der Waals surface area contributed by atoms with Gasteiger partial charge in [-0.05, 0) is 49.8 Å². The molecule has 0 aromatic heterocycles. The van der Waals surface area contributed by atoms with Crippen molar-refractivity contribution in [1.29, 1.82) is 0 Å². The molecule has 194 valence electrons. The Morgan fingerprint density at radius 2 is 1.82 bits per heavy atom. The topological polar surface area (TPSA) is 91.3 Å². The molecule has 1 heterocycles. The maximum absolute atomic E-state index is 12.6. The van der Waals surface area contributed by atoms with Gasteiger partial charge < -0.3 is 25.0 Å². The number of alkyl halides is 1. The molecule has 0 saturated carbocycles. The van der Waals surface area contributed by atoms with Crippen LogP contribution in [-0.4, -0.2) is 79.8 Å². The zero-order valence-electron chi connectivity index (χ0n) is 20.6. The van der Waals surface area contributed by atoms with Crippen LogP contribution in [0.5, 0.6) is 5.75 Å². The van der Waals surface area contributed by atoms with E-state index in [1.54, 1.807) is 31.4 Å². The van der Waals surface area contributed by atoms with Crippen molar-refractivity contribution in [3.8, 4) is 5.75 Å². The number of likely N-dealkylation sites (tertiary alicyclic amines) is 1. The first-order valence-corrected chi connectivity index (χ1v) is 12.7. The minimum Gasteiger partial charge on any atom is -0.494 e. The van der Waals surface area contributed by atoms with Gasteiger partial charge in [0, 0.05) is 39.8 Å². The van der Waals surface area contributed by atoms with E-state index in [1.807, 2.05) is 0 Å². The van der Waals surface area contributed by atoms with E-state index in [9.17, 15) is 19.4 Å². The fraction of sp³-hybridized carbons (Fsp3) is 0.731. The van der Waals surface area contributed by atoms with Gasteiger partial charge in [0.15, 0.2) is 0 Å². The second-order valence-electron chi connectivity index (χ2n) is 9.15. The molecule has 1 saturated heterocycles. The van der Waals surface area contributed by atoms with Gasteiger partial charge in [-0.3, -0.25) is 14.1 Å². The van der Waals surface area contributed by atoms with Crippen molar-refractivity contribution in [2.45, 2.75) is 76.0 Å². The summed E-state index contributed by atoms with van der Waals surface area (Å²) in [6.07, 6.45) is 6.07. The molecule has 1 aliphatic heterocycles. The Morgan fingerprint density at radius 1 is 1.12 bits per heavy atom. The SMILES string of the molecule is COCCCCCCCC(=O)N[C@H](CN1CC[C@H](O)C1)[C@H](O)c1ccc(OCCCCF)cc1. The molecule has 0 radical (unpaired) electrons. The van der Waals surface area contributed by atoms with Crippen LogP contribution in [0, 0.1) is 0 Å². The zero-order chi connectivity index (χ0) is 24.6. The van der Waals surface area contributed by atoms with E-state index in [0.717, 1.165) is 45.3 Å². The number of aliphatic hydroxyl groups is 2. The third-order valence-corrected chi connectivity index (χ3v) is 6.20. The minimum atomic E-state index is -0.878. The number of carbonyl (C=O) groups excluding carboxylic acids is 1. The number of nitrogens with one attached hydrogen (secondary N) is 1. The molecule has 3 N–H and O–H groups in total. The lowest BCUT2D eigenvalue weighted by atomic mass is 10.0. The average molecular weight is 483 g/mol. The highest BCUT2D eigenvalue weighted by Gasteiger charge is 2.28. The van der Waals surface area contributed by atoms with Crippen LogP contribution in [0.2, 0.25) is 0 Å². The van der Waals surface area contributed by atoms with E-state index in [-0.39, 0.29) is 18.7 Å². The summed E-state index contributed by atoms with van der Waals surface area (Å²) in [5.41, 5.74) is 0.694. The number of methoxy groups -OCH3 is 1. The van der Waals surface area contributed by atoms with Crippen LogP contribution in [0.4, 0.5) is 4.39 Å². The molecule has 7 nitrogen and oxygen atoms in total. The maximum Gasteiger partial charge on any atom is 0.220 e. The van der Waals surface area contributed by atoms with Crippen LogP contribution in [0.3, 0.4) is 0 Å². The van der Waals surface area contributed by atoms with Crippen molar-refractivity contribution in [2.24, 2.45) is 0 Å². The van der Waals surface area contributed by atoms with Gasteiger partial charge in [0.05, 0.1) is 25.4 Å². The molecule has 0 bridgehead atoms. The Balaban J connectivity index is 1.88. The monoisotopic (exact) mass is 482 g/mol. The molecular weight excluding hydrogens is 439 g/mol. The van der Waals surface area contributed by atoms with Gasteiger partial charge in [0.2, 0.25) is 5.91 Å².